The molecule has 0 N–H and O–H groups in total. The molecule has 0 aliphatic carbocycles. The molecule has 10 heteroatoms. The topological polar surface area (TPSA) is 98.3 Å². The van der Waals surface area contributed by atoms with Crippen molar-refractivity contribution in [3.63, 3.8) is 0 Å². The number of rotatable bonds is 8. The van der Waals surface area contributed by atoms with Crippen molar-refractivity contribution < 1.29 is 17.6 Å². The fraction of sp³-hybridized carbons (Fsp3) is 0.286. The Hall–Kier alpha value is -2.85. The zero-order valence-corrected chi connectivity index (χ0v) is 18.7. The Morgan fingerprint density at radius 3 is 2.87 bits per heavy atom. The van der Waals surface area contributed by atoms with E-state index in [0.29, 0.717) is 41.1 Å². The molecule has 162 valence electrons. The number of ketones is 1. The maximum absolute atomic E-state index is 12.8. The molecule has 0 spiro atoms. The molecule has 31 heavy (non-hydrogen) atoms. The first-order valence-corrected chi connectivity index (χ1v) is 12.6. The molecular weight excluding hydrogens is 436 g/mol. The standard InChI is InChI=1S/C21H22N4O4S2/c1-3-10-24-20(19-7-5-12-29-19)22-23-21(24)30-14-18(26)16-8-9-17-15(13-16)6-4-11-25(17)31(2,27)28/h3,5,7-9,12-13H,1,4,6,10-11,14H2,2H3. The lowest BCUT2D eigenvalue weighted by Crippen LogP contribution is -2.34. The zero-order valence-electron chi connectivity index (χ0n) is 17.0. The van der Waals surface area contributed by atoms with Gasteiger partial charge in [0.15, 0.2) is 16.7 Å². The summed E-state index contributed by atoms with van der Waals surface area (Å²) >= 11 is 1.29. The predicted octanol–water partition coefficient (Wildman–Crippen LogP) is 3.41. The average Bonchev–Trinajstić information content (AvgIpc) is 3.40. The highest BCUT2D eigenvalue weighted by Gasteiger charge is 2.25. The fourth-order valence-electron chi connectivity index (χ4n) is 3.57. The highest BCUT2D eigenvalue weighted by atomic mass is 32.2. The SMILES string of the molecule is C=CCn1c(SCC(=O)c2ccc3c(c2)CCCN3S(C)(=O)=O)nnc1-c1ccco1. The normalized spacial score (nSPS) is 13.8. The number of anilines is 1. The molecule has 0 saturated carbocycles. The summed E-state index contributed by atoms with van der Waals surface area (Å²) in [5, 5.41) is 9.00. The van der Waals surface area contributed by atoms with E-state index in [-0.39, 0.29) is 11.5 Å². The minimum Gasteiger partial charge on any atom is -0.461 e. The molecule has 0 unspecified atom stereocenters. The number of hydrogen-bond donors (Lipinski definition) is 0. The van der Waals surface area contributed by atoms with E-state index < -0.39 is 10.0 Å². The number of aromatic nitrogens is 3. The van der Waals surface area contributed by atoms with Gasteiger partial charge in [-0.05, 0) is 48.7 Å². The Bertz CT molecular complexity index is 1220. The Balaban J connectivity index is 1.52. The van der Waals surface area contributed by atoms with Crippen LogP contribution in [0.15, 0.2) is 58.8 Å². The minimum absolute atomic E-state index is 0.0584. The first kappa shape index (κ1) is 21.4. The van der Waals surface area contributed by atoms with Gasteiger partial charge in [-0.1, -0.05) is 17.8 Å². The van der Waals surface area contributed by atoms with Gasteiger partial charge in [-0.3, -0.25) is 13.7 Å². The Kier molecular flexibility index (Phi) is 6.01. The third kappa shape index (κ3) is 4.45. The Morgan fingerprint density at radius 1 is 1.32 bits per heavy atom. The van der Waals surface area contributed by atoms with E-state index in [1.807, 2.05) is 4.57 Å². The van der Waals surface area contributed by atoms with Crippen molar-refractivity contribution in [1.29, 1.82) is 0 Å². The maximum atomic E-state index is 12.8. The van der Waals surface area contributed by atoms with E-state index in [4.69, 9.17) is 4.42 Å². The van der Waals surface area contributed by atoms with Crippen LogP contribution >= 0.6 is 11.8 Å². The highest BCUT2D eigenvalue weighted by Crippen LogP contribution is 2.31. The van der Waals surface area contributed by atoms with Crippen LogP contribution in [0.1, 0.15) is 22.3 Å². The number of aryl methyl sites for hydroxylation is 1. The lowest BCUT2D eigenvalue weighted by molar-refractivity contribution is 0.102. The van der Waals surface area contributed by atoms with Crippen molar-refractivity contribution in [3.05, 3.63) is 60.4 Å². The molecule has 0 amide bonds. The quantitative estimate of drug-likeness (QED) is 0.290. The number of sulfonamides is 1. The number of fused-ring (bicyclic) bond motifs is 1. The first-order valence-electron chi connectivity index (χ1n) is 9.73. The van der Waals surface area contributed by atoms with Crippen LogP contribution in [0.3, 0.4) is 0 Å². The number of hydrogen-bond acceptors (Lipinski definition) is 7. The second kappa shape index (κ2) is 8.72. The summed E-state index contributed by atoms with van der Waals surface area (Å²) in [6.07, 6.45) is 5.98. The number of nitrogens with zero attached hydrogens (tertiary/aromatic N) is 4. The molecule has 4 rings (SSSR count). The number of benzene rings is 1. The maximum Gasteiger partial charge on any atom is 0.232 e. The second-order valence-corrected chi connectivity index (χ2v) is 10.0. The van der Waals surface area contributed by atoms with E-state index in [9.17, 15) is 13.2 Å². The molecule has 2 aromatic heterocycles. The van der Waals surface area contributed by atoms with Crippen LogP contribution in [0.25, 0.3) is 11.6 Å². The van der Waals surface area contributed by atoms with Crippen molar-refractivity contribution >= 4 is 33.3 Å². The minimum atomic E-state index is -3.33. The van der Waals surface area contributed by atoms with Crippen LogP contribution in [0, 0.1) is 0 Å². The summed E-state index contributed by atoms with van der Waals surface area (Å²) in [5.74, 6) is 1.30. The van der Waals surface area contributed by atoms with Gasteiger partial charge in [0, 0.05) is 18.7 Å². The molecule has 0 fully saturated rings. The number of furan rings is 1. The molecule has 8 nitrogen and oxygen atoms in total. The Morgan fingerprint density at radius 2 is 2.16 bits per heavy atom. The van der Waals surface area contributed by atoms with Gasteiger partial charge in [-0.15, -0.1) is 16.8 Å². The molecule has 0 saturated heterocycles. The third-order valence-corrected chi connectivity index (χ3v) is 7.13. The summed E-state index contributed by atoms with van der Waals surface area (Å²) in [6, 6.07) is 8.80. The van der Waals surface area contributed by atoms with Crippen LogP contribution < -0.4 is 4.31 Å². The number of carbonyl (C=O) groups excluding carboxylic acids is 1. The van der Waals surface area contributed by atoms with E-state index in [0.717, 1.165) is 18.4 Å². The number of thioether (sulfide) groups is 1. The summed E-state index contributed by atoms with van der Waals surface area (Å²) in [7, 11) is -3.33. The zero-order chi connectivity index (χ0) is 22.0. The molecule has 0 radical (unpaired) electrons. The van der Waals surface area contributed by atoms with Crippen molar-refractivity contribution in [2.45, 2.75) is 24.5 Å². The highest BCUT2D eigenvalue weighted by molar-refractivity contribution is 7.99. The smallest absolute Gasteiger partial charge is 0.232 e. The van der Waals surface area contributed by atoms with Gasteiger partial charge in [0.1, 0.15) is 0 Å². The number of allylic oxidation sites excluding steroid dienone is 1. The Labute approximate surface area is 185 Å². The average molecular weight is 459 g/mol. The predicted molar refractivity (Wildman–Crippen MR) is 120 cm³/mol. The van der Waals surface area contributed by atoms with E-state index >= 15 is 0 Å². The van der Waals surface area contributed by atoms with Crippen LogP contribution in [-0.2, 0) is 23.0 Å². The van der Waals surface area contributed by atoms with Gasteiger partial charge in [0.25, 0.3) is 0 Å². The van der Waals surface area contributed by atoms with E-state index in [1.165, 1.54) is 22.3 Å². The molecular formula is C21H22N4O4S2. The molecule has 3 heterocycles. The van der Waals surface area contributed by atoms with Crippen molar-refractivity contribution in [2.75, 3.05) is 22.9 Å². The van der Waals surface area contributed by atoms with Gasteiger partial charge in [-0.2, -0.15) is 0 Å². The summed E-state index contributed by atoms with van der Waals surface area (Å²) in [5.41, 5.74) is 2.09. The number of Topliss-reactive ketones (excluding diaryl/α,β-unsaturated/α-hetero) is 1. The summed E-state index contributed by atoms with van der Waals surface area (Å²) in [4.78, 5) is 12.8. The first-order chi connectivity index (χ1) is 14.9. The van der Waals surface area contributed by atoms with Crippen LogP contribution in [0.4, 0.5) is 5.69 Å². The van der Waals surface area contributed by atoms with Crippen LogP contribution in [0.2, 0.25) is 0 Å². The van der Waals surface area contributed by atoms with Crippen molar-refractivity contribution in [2.24, 2.45) is 0 Å². The van der Waals surface area contributed by atoms with Gasteiger partial charge in [0.2, 0.25) is 15.8 Å². The molecule has 1 aliphatic rings. The lowest BCUT2D eigenvalue weighted by atomic mass is 9.99. The summed E-state index contributed by atoms with van der Waals surface area (Å²) < 4.78 is 32.7. The van der Waals surface area contributed by atoms with Crippen LogP contribution in [0.5, 0.6) is 0 Å². The monoisotopic (exact) mass is 458 g/mol. The molecule has 1 aromatic carbocycles. The fourth-order valence-corrected chi connectivity index (χ4v) is 5.41. The van der Waals surface area contributed by atoms with Crippen LogP contribution in [-0.4, -0.2) is 47.5 Å². The van der Waals surface area contributed by atoms with Gasteiger partial charge >= 0.3 is 0 Å². The van der Waals surface area contributed by atoms with Gasteiger partial charge < -0.3 is 4.42 Å². The molecule has 0 atom stereocenters. The van der Waals surface area contributed by atoms with Gasteiger partial charge in [-0.25, -0.2) is 8.42 Å². The third-order valence-electron chi connectivity index (χ3n) is 4.98. The van der Waals surface area contributed by atoms with E-state index in [2.05, 4.69) is 16.8 Å². The molecule has 0 bridgehead atoms. The lowest BCUT2D eigenvalue weighted by Gasteiger charge is -2.29. The van der Waals surface area contributed by atoms with Crippen molar-refractivity contribution in [1.82, 2.24) is 14.8 Å². The number of carbonyl (C=O) groups is 1. The summed E-state index contributed by atoms with van der Waals surface area (Å²) in [6.45, 7) is 4.73. The second-order valence-electron chi connectivity index (χ2n) is 7.18. The molecule has 3 aromatic rings. The molecule has 1 aliphatic heterocycles. The van der Waals surface area contributed by atoms with Gasteiger partial charge in [0.05, 0.1) is 24.0 Å². The van der Waals surface area contributed by atoms with E-state index in [1.54, 1.807) is 42.7 Å². The largest absolute Gasteiger partial charge is 0.461 e. The van der Waals surface area contributed by atoms with Crippen molar-refractivity contribution in [3.8, 4) is 11.6 Å².